The van der Waals surface area contributed by atoms with Crippen molar-refractivity contribution >= 4 is 33.0 Å². The van der Waals surface area contributed by atoms with E-state index in [0.29, 0.717) is 15.8 Å². The van der Waals surface area contributed by atoms with Crippen LogP contribution in [0.15, 0.2) is 41.4 Å². The van der Waals surface area contributed by atoms with Crippen LogP contribution in [0.4, 0.5) is 0 Å². The Morgan fingerprint density at radius 3 is 2.60 bits per heavy atom. The summed E-state index contributed by atoms with van der Waals surface area (Å²) in [5, 5.41) is 0.710. The molecule has 2 rings (SSSR count). The number of nitrogens with zero attached hydrogens (tertiary/aromatic N) is 1. The topological polar surface area (TPSA) is 56.3 Å². The van der Waals surface area contributed by atoms with Gasteiger partial charge in [-0.05, 0) is 24.3 Å². The van der Waals surface area contributed by atoms with Gasteiger partial charge in [0, 0.05) is 12.3 Å². The van der Waals surface area contributed by atoms with Gasteiger partial charge < -0.3 is 4.74 Å². The molecule has 106 valence electrons. The maximum Gasteiger partial charge on any atom is 0.238 e. The third kappa shape index (κ3) is 3.23. The average Bonchev–Trinajstić information content (AvgIpc) is 2.43. The summed E-state index contributed by atoms with van der Waals surface area (Å²) >= 11 is 11.7. The Kier molecular flexibility index (Phi) is 4.52. The molecule has 0 aliphatic heterocycles. The van der Waals surface area contributed by atoms with Crippen molar-refractivity contribution in [3.8, 4) is 11.6 Å². The van der Waals surface area contributed by atoms with Crippen LogP contribution in [-0.2, 0) is 9.84 Å². The summed E-state index contributed by atoms with van der Waals surface area (Å²) in [5.41, 5.74) is 0. The van der Waals surface area contributed by atoms with Gasteiger partial charge in [-0.25, -0.2) is 13.4 Å². The SMILES string of the molecule is CCS(=O)(=O)c1cccnc1Oc1ccc(Cl)c(Cl)c1. The standard InChI is InChI=1S/C13H11Cl2NO3S/c1-2-20(17,18)12-4-3-7-16-13(12)19-9-5-6-10(14)11(15)8-9/h3-8H,2H2,1H3. The lowest BCUT2D eigenvalue weighted by atomic mass is 10.3. The highest BCUT2D eigenvalue weighted by atomic mass is 35.5. The van der Waals surface area contributed by atoms with Gasteiger partial charge in [0.2, 0.25) is 5.88 Å². The normalized spacial score (nSPS) is 11.3. The summed E-state index contributed by atoms with van der Waals surface area (Å²) in [7, 11) is -3.41. The molecule has 0 atom stereocenters. The highest BCUT2D eigenvalue weighted by molar-refractivity contribution is 7.91. The lowest BCUT2D eigenvalue weighted by molar-refractivity contribution is 0.447. The van der Waals surface area contributed by atoms with E-state index in [1.165, 1.54) is 18.3 Å². The van der Waals surface area contributed by atoms with Crippen LogP contribution in [0.5, 0.6) is 11.6 Å². The van der Waals surface area contributed by atoms with Crippen LogP contribution in [0.1, 0.15) is 6.92 Å². The Labute approximate surface area is 127 Å². The molecular formula is C13H11Cl2NO3S. The van der Waals surface area contributed by atoms with Crippen molar-refractivity contribution < 1.29 is 13.2 Å². The Hall–Kier alpha value is -1.30. The minimum atomic E-state index is -3.41. The zero-order chi connectivity index (χ0) is 14.8. The molecule has 0 saturated carbocycles. The molecule has 0 aliphatic carbocycles. The summed E-state index contributed by atoms with van der Waals surface area (Å²) in [6, 6.07) is 7.66. The van der Waals surface area contributed by atoms with Crippen LogP contribution in [0.25, 0.3) is 0 Å². The number of aromatic nitrogens is 1. The van der Waals surface area contributed by atoms with Crippen molar-refractivity contribution in [2.45, 2.75) is 11.8 Å². The molecule has 0 saturated heterocycles. The van der Waals surface area contributed by atoms with Gasteiger partial charge in [0.25, 0.3) is 0 Å². The Bertz CT molecular complexity index is 732. The van der Waals surface area contributed by atoms with Crippen molar-refractivity contribution in [3.63, 3.8) is 0 Å². The van der Waals surface area contributed by atoms with E-state index in [1.54, 1.807) is 25.1 Å². The van der Waals surface area contributed by atoms with E-state index in [-0.39, 0.29) is 16.5 Å². The zero-order valence-electron chi connectivity index (χ0n) is 10.5. The van der Waals surface area contributed by atoms with Gasteiger partial charge in [-0.2, -0.15) is 0 Å². The Balaban J connectivity index is 2.42. The first kappa shape index (κ1) is 15.1. The maximum atomic E-state index is 12.0. The van der Waals surface area contributed by atoms with E-state index in [9.17, 15) is 8.42 Å². The van der Waals surface area contributed by atoms with Crippen molar-refractivity contribution in [3.05, 3.63) is 46.6 Å². The summed E-state index contributed by atoms with van der Waals surface area (Å²) in [4.78, 5) is 4.01. The van der Waals surface area contributed by atoms with Gasteiger partial charge in [-0.3, -0.25) is 0 Å². The number of benzene rings is 1. The average molecular weight is 332 g/mol. The molecule has 2 aromatic rings. The molecule has 0 spiro atoms. The van der Waals surface area contributed by atoms with Gasteiger partial charge in [0.15, 0.2) is 9.84 Å². The quantitative estimate of drug-likeness (QED) is 0.850. The molecule has 1 heterocycles. The van der Waals surface area contributed by atoms with Crippen LogP contribution < -0.4 is 4.74 Å². The first-order chi connectivity index (χ1) is 9.44. The van der Waals surface area contributed by atoms with Crippen LogP contribution in [-0.4, -0.2) is 19.2 Å². The second kappa shape index (κ2) is 5.99. The molecular weight excluding hydrogens is 321 g/mol. The molecule has 0 unspecified atom stereocenters. The van der Waals surface area contributed by atoms with Gasteiger partial charge in [0.05, 0.1) is 15.8 Å². The van der Waals surface area contributed by atoms with E-state index < -0.39 is 9.84 Å². The van der Waals surface area contributed by atoms with E-state index in [4.69, 9.17) is 27.9 Å². The van der Waals surface area contributed by atoms with Crippen molar-refractivity contribution in [2.75, 3.05) is 5.75 Å². The Morgan fingerprint density at radius 1 is 1.20 bits per heavy atom. The molecule has 1 aromatic carbocycles. The first-order valence-electron chi connectivity index (χ1n) is 5.74. The van der Waals surface area contributed by atoms with Crippen LogP contribution in [0.2, 0.25) is 10.0 Å². The lowest BCUT2D eigenvalue weighted by Gasteiger charge is -2.10. The fraction of sp³-hybridized carbons (Fsp3) is 0.154. The fourth-order valence-corrected chi connectivity index (χ4v) is 2.74. The van der Waals surface area contributed by atoms with E-state index in [2.05, 4.69) is 4.98 Å². The fourth-order valence-electron chi connectivity index (χ4n) is 1.50. The smallest absolute Gasteiger partial charge is 0.238 e. The number of ether oxygens (including phenoxy) is 1. The highest BCUT2D eigenvalue weighted by Crippen LogP contribution is 2.31. The molecule has 7 heteroatoms. The zero-order valence-corrected chi connectivity index (χ0v) is 12.8. The van der Waals surface area contributed by atoms with Crippen LogP contribution >= 0.6 is 23.2 Å². The summed E-state index contributed by atoms with van der Waals surface area (Å²) in [6.07, 6.45) is 1.46. The number of hydrogen-bond acceptors (Lipinski definition) is 4. The monoisotopic (exact) mass is 331 g/mol. The molecule has 0 fully saturated rings. The second-order valence-corrected chi connectivity index (χ2v) is 6.95. The van der Waals surface area contributed by atoms with Gasteiger partial charge in [-0.15, -0.1) is 0 Å². The molecule has 20 heavy (non-hydrogen) atoms. The van der Waals surface area contributed by atoms with Gasteiger partial charge >= 0.3 is 0 Å². The van der Waals surface area contributed by atoms with E-state index in [0.717, 1.165) is 0 Å². The van der Waals surface area contributed by atoms with E-state index >= 15 is 0 Å². The number of rotatable bonds is 4. The van der Waals surface area contributed by atoms with Gasteiger partial charge in [0.1, 0.15) is 10.6 Å². The molecule has 4 nitrogen and oxygen atoms in total. The summed E-state index contributed by atoms with van der Waals surface area (Å²) < 4.78 is 29.4. The molecule has 0 amide bonds. The predicted octanol–water partition coefficient (Wildman–Crippen LogP) is 3.97. The minimum Gasteiger partial charge on any atom is -0.438 e. The van der Waals surface area contributed by atoms with E-state index in [1.807, 2.05) is 0 Å². The molecule has 0 N–H and O–H groups in total. The lowest BCUT2D eigenvalue weighted by Crippen LogP contribution is -2.06. The minimum absolute atomic E-state index is 0.0211. The van der Waals surface area contributed by atoms with Crippen molar-refractivity contribution in [2.24, 2.45) is 0 Å². The number of pyridine rings is 1. The summed E-state index contributed by atoms with van der Waals surface area (Å²) in [5.74, 6) is 0.356. The van der Waals surface area contributed by atoms with Gasteiger partial charge in [-0.1, -0.05) is 30.1 Å². The van der Waals surface area contributed by atoms with Crippen LogP contribution in [0.3, 0.4) is 0 Å². The molecule has 1 aromatic heterocycles. The maximum absolute atomic E-state index is 12.0. The number of hydrogen-bond donors (Lipinski definition) is 0. The largest absolute Gasteiger partial charge is 0.438 e. The van der Waals surface area contributed by atoms with Crippen LogP contribution in [0, 0.1) is 0 Å². The summed E-state index contributed by atoms with van der Waals surface area (Å²) in [6.45, 7) is 1.56. The third-order valence-corrected chi connectivity index (χ3v) is 5.04. The Morgan fingerprint density at radius 2 is 1.95 bits per heavy atom. The predicted molar refractivity (Wildman–Crippen MR) is 78.5 cm³/mol. The number of halogens is 2. The molecule has 0 radical (unpaired) electrons. The molecule has 0 aliphatic rings. The number of sulfone groups is 1. The third-order valence-electron chi connectivity index (χ3n) is 2.56. The second-order valence-electron chi connectivity index (χ2n) is 3.89. The van der Waals surface area contributed by atoms with Crippen molar-refractivity contribution in [1.82, 2.24) is 4.98 Å². The highest BCUT2D eigenvalue weighted by Gasteiger charge is 2.19. The van der Waals surface area contributed by atoms with Crippen molar-refractivity contribution in [1.29, 1.82) is 0 Å². The first-order valence-corrected chi connectivity index (χ1v) is 8.15. The molecule has 0 bridgehead atoms.